The minimum Gasteiger partial charge on any atom is -0.357 e. The lowest BCUT2D eigenvalue weighted by Gasteiger charge is -2.34. The van der Waals surface area contributed by atoms with Crippen molar-refractivity contribution in [2.45, 2.75) is 64.8 Å². The Bertz CT molecular complexity index is 426. The molecule has 2 rings (SSSR count). The topological polar surface area (TPSA) is 60.0 Å². The molecule has 152 valence electrons. The fourth-order valence-corrected chi connectivity index (χ4v) is 3.86. The predicted molar refractivity (Wildman–Crippen MR) is 119 cm³/mol. The third-order valence-electron chi connectivity index (χ3n) is 5.31. The van der Waals surface area contributed by atoms with Crippen molar-refractivity contribution in [2.75, 3.05) is 45.8 Å². The molecule has 2 heterocycles. The number of aliphatic imine (C=N–C) groups is 1. The number of nitrogens with one attached hydrogen (secondary N) is 2. The zero-order valence-electron chi connectivity index (χ0n) is 16.6. The number of likely N-dealkylation sites (tertiary alicyclic amines) is 2. The molecule has 0 aromatic carbocycles. The fraction of sp³-hybridized carbons (Fsp3) is 0.895. The normalized spacial score (nSPS) is 21.4. The van der Waals surface area contributed by atoms with Crippen LogP contribution in [0.2, 0.25) is 0 Å². The summed E-state index contributed by atoms with van der Waals surface area (Å²) in [4.78, 5) is 21.4. The van der Waals surface area contributed by atoms with Crippen LogP contribution in [-0.4, -0.2) is 73.5 Å². The van der Waals surface area contributed by atoms with Gasteiger partial charge < -0.3 is 15.5 Å². The van der Waals surface area contributed by atoms with Crippen molar-refractivity contribution >= 4 is 35.8 Å². The molecule has 1 amide bonds. The summed E-state index contributed by atoms with van der Waals surface area (Å²) in [6, 6.07) is 0.734. The molecular weight excluding hydrogens is 441 g/mol. The van der Waals surface area contributed by atoms with Gasteiger partial charge in [0.1, 0.15) is 0 Å². The summed E-state index contributed by atoms with van der Waals surface area (Å²) in [7, 11) is 0. The highest BCUT2D eigenvalue weighted by molar-refractivity contribution is 14.0. The van der Waals surface area contributed by atoms with Gasteiger partial charge in [-0.1, -0.05) is 13.3 Å². The minimum absolute atomic E-state index is 0. The first-order valence-electron chi connectivity index (χ1n) is 10.3. The number of hydrogen-bond donors (Lipinski definition) is 2. The SMILES string of the molecule is CCNC(=NCCN1CCCCC1CC)NCCC(=O)N1CCCC1.I. The van der Waals surface area contributed by atoms with Crippen LogP contribution in [0.5, 0.6) is 0 Å². The molecule has 2 aliphatic rings. The van der Waals surface area contributed by atoms with Crippen molar-refractivity contribution in [2.24, 2.45) is 4.99 Å². The van der Waals surface area contributed by atoms with Crippen LogP contribution in [0.25, 0.3) is 0 Å². The number of amides is 1. The van der Waals surface area contributed by atoms with E-state index in [-0.39, 0.29) is 29.9 Å². The third kappa shape index (κ3) is 7.98. The Hall–Kier alpha value is -0.570. The molecule has 0 bridgehead atoms. The quantitative estimate of drug-likeness (QED) is 0.319. The molecule has 26 heavy (non-hydrogen) atoms. The maximum Gasteiger partial charge on any atom is 0.224 e. The molecule has 2 N–H and O–H groups in total. The largest absolute Gasteiger partial charge is 0.357 e. The first-order chi connectivity index (χ1) is 12.2. The third-order valence-corrected chi connectivity index (χ3v) is 5.31. The van der Waals surface area contributed by atoms with Crippen molar-refractivity contribution in [1.29, 1.82) is 0 Å². The van der Waals surface area contributed by atoms with E-state index in [1.165, 1.54) is 32.2 Å². The van der Waals surface area contributed by atoms with Crippen molar-refractivity contribution in [1.82, 2.24) is 20.4 Å². The van der Waals surface area contributed by atoms with E-state index >= 15 is 0 Å². The van der Waals surface area contributed by atoms with Crippen LogP contribution in [0.4, 0.5) is 0 Å². The fourth-order valence-electron chi connectivity index (χ4n) is 3.86. The summed E-state index contributed by atoms with van der Waals surface area (Å²) < 4.78 is 0. The lowest BCUT2D eigenvalue weighted by Crippen LogP contribution is -2.42. The van der Waals surface area contributed by atoms with Crippen molar-refractivity contribution in [3.05, 3.63) is 0 Å². The molecule has 7 heteroatoms. The Morgan fingerprint density at radius 2 is 1.81 bits per heavy atom. The first-order valence-corrected chi connectivity index (χ1v) is 10.3. The molecule has 0 aliphatic carbocycles. The highest BCUT2D eigenvalue weighted by Crippen LogP contribution is 2.18. The van der Waals surface area contributed by atoms with Crippen LogP contribution in [0.3, 0.4) is 0 Å². The van der Waals surface area contributed by atoms with Gasteiger partial charge in [0.05, 0.1) is 6.54 Å². The van der Waals surface area contributed by atoms with Crippen LogP contribution < -0.4 is 10.6 Å². The molecule has 2 fully saturated rings. The lowest BCUT2D eigenvalue weighted by atomic mass is 10.0. The summed E-state index contributed by atoms with van der Waals surface area (Å²) in [6.07, 6.45) is 8.11. The average Bonchev–Trinajstić information content (AvgIpc) is 3.17. The summed E-state index contributed by atoms with van der Waals surface area (Å²) >= 11 is 0. The summed E-state index contributed by atoms with van der Waals surface area (Å²) in [5.74, 6) is 1.10. The summed E-state index contributed by atoms with van der Waals surface area (Å²) in [6.45, 7) is 10.8. The van der Waals surface area contributed by atoms with Gasteiger partial charge in [-0.05, 0) is 45.6 Å². The van der Waals surface area contributed by atoms with Crippen LogP contribution in [-0.2, 0) is 4.79 Å². The number of carbonyl (C=O) groups excluding carboxylic acids is 1. The Morgan fingerprint density at radius 3 is 2.50 bits per heavy atom. The van der Waals surface area contributed by atoms with E-state index in [1.807, 2.05) is 4.90 Å². The summed E-state index contributed by atoms with van der Waals surface area (Å²) in [5, 5.41) is 6.60. The number of nitrogens with zero attached hydrogens (tertiary/aromatic N) is 3. The van der Waals surface area contributed by atoms with Gasteiger partial charge in [0.25, 0.3) is 0 Å². The first kappa shape index (κ1) is 23.5. The lowest BCUT2D eigenvalue weighted by molar-refractivity contribution is -0.129. The van der Waals surface area contributed by atoms with E-state index in [1.54, 1.807) is 0 Å². The predicted octanol–water partition coefficient (Wildman–Crippen LogP) is 2.44. The number of halogens is 1. The van der Waals surface area contributed by atoms with E-state index in [2.05, 4.69) is 29.4 Å². The average molecular weight is 479 g/mol. The van der Waals surface area contributed by atoms with Gasteiger partial charge in [-0.3, -0.25) is 14.7 Å². The molecule has 0 aromatic heterocycles. The molecule has 0 saturated carbocycles. The van der Waals surface area contributed by atoms with Gasteiger partial charge in [-0.2, -0.15) is 0 Å². The maximum absolute atomic E-state index is 12.1. The second-order valence-electron chi connectivity index (χ2n) is 7.12. The van der Waals surface area contributed by atoms with Gasteiger partial charge in [0.2, 0.25) is 5.91 Å². The zero-order chi connectivity index (χ0) is 17.9. The van der Waals surface area contributed by atoms with Crippen LogP contribution in [0, 0.1) is 0 Å². The highest BCUT2D eigenvalue weighted by atomic mass is 127. The maximum atomic E-state index is 12.1. The molecular formula is C19H38IN5O. The molecule has 2 aliphatic heterocycles. The molecule has 6 nitrogen and oxygen atoms in total. The van der Waals surface area contributed by atoms with Gasteiger partial charge in [-0.25, -0.2) is 0 Å². The molecule has 0 spiro atoms. The second kappa shape index (κ2) is 13.6. The molecule has 0 aromatic rings. The van der Waals surface area contributed by atoms with E-state index in [0.29, 0.717) is 13.0 Å². The minimum atomic E-state index is 0. The summed E-state index contributed by atoms with van der Waals surface area (Å²) in [5.41, 5.74) is 0. The number of carbonyl (C=O) groups is 1. The smallest absolute Gasteiger partial charge is 0.224 e. The number of guanidine groups is 1. The van der Waals surface area contributed by atoms with Gasteiger partial charge in [0.15, 0.2) is 5.96 Å². The van der Waals surface area contributed by atoms with Crippen molar-refractivity contribution in [3.63, 3.8) is 0 Å². The second-order valence-corrected chi connectivity index (χ2v) is 7.12. The van der Waals surface area contributed by atoms with Crippen molar-refractivity contribution in [3.8, 4) is 0 Å². The van der Waals surface area contributed by atoms with Crippen LogP contribution in [0.15, 0.2) is 4.99 Å². The standard InChI is InChI=1S/C19H37N5O.HI/c1-3-17-9-5-6-13-23(17)16-12-22-19(20-4-2)21-11-10-18(25)24-14-7-8-15-24;/h17H,3-16H2,1-2H3,(H2,20,21,22);1H. The van der Waals surface area contributed by atoms with E-state index < -0.39 is 0 Å². The molecule has 1 unspecified atom stereocenters. The van der Waals surface area contributed by atoms with Gasteiger partial charge >= 0.3 is 0 Å². The number of rotatable bonds is 8. The van der Waals surface area contributed by atoms with E-state index in [4.69, 9.17) is 4.99 Å². The molecule has 1 atom stereocenters. The Morgan fingerprint density at radius 1 is 1.08 bits per heavy atom. The Kier molecular flexibility index (Phi) is 12.3. The van der Waals surface area contributed by atoms with Crippen molar-refractivity contribution < 1.29 is 4.79 Å². The van der Waals surface area contributed by atoms with E-state index in [9.17, 15) is 4.79 Å². The van der Waals surface area contributed by atoms with Crippen LogP contribution >= 0.6 is 24.0 Å². The highest BCUT2D eigenvalue weighted by Gasteiger charge is 2.20. The van der Waals surface area contributed by atoms with Gasteiger partial charge in [-0.15, -0.1) is 24.0 Å². The molecule has 0 radical (unpaired) electrons. The Balaban J connectivity index is 0.00000338. The Labute approximate surface area is 176 Å². The number of hydrogen-bond acceptors (Lipinski definition) is 3. The van der Waals surface area contributed by atoms with E-state index in [0.717, 1.165) is 57.6 Å². The number of piperidine rings is 1. The zero-order valence-corrected chi connectivity index (χ0v) is 19.0. The van der Waals surface area contributed by atoms with Crippen LogP contribution in [0.1, 0.15) is 58.8 Å². The monoisotopic (exact) mass is 479 g/mol. The molecule has 2 saturated heterocycles. The van der Waals surface area contributed by atoms with Gasteiger partial charge in [0, 0.05) is 45.2 Å².